The monoisotopic (exact) mass is 643 g/mol. The Bertz CT molecular complexity index is 1540. The van der Waals surface area contributed by atoms with Crippen molar-refractivity contribution < 1.29 is 33.4 Å². The zero-order valence-electron chi connectivity index (χ0n) is 26.9. The summed E-state index contributed by atoms with van der Waals surface area (Å²) in [5.41, 5.74) is 1.27. The first-order valence-corrected chi connectivity index (χ1v) is 15.3. The van der Waals surface area contributed by atoms with Crippen LogP contribution in [-0.4, -0.2) is 65.1 Å². The highest BCUT2D eigenvalue weighted by Crippen LogP contribution is 2.25. The van der Waals surface area contributed by atoms with Gasteiger partial charge in [-0.1, -0.05) is 72.8 Å². The van der Waals surface area contributed by atoms with Crippen molar-refractivity contribution in [3.8, 4) is 5.75 Å². The number of likely N-dealkylation sites (tertiary alicyclic amines) is 1. The van der Waals surface area contributed by atoms with Crippen LogP contribution in [0.15, 0.2) is 84.9 Å². The molecular weight excluding hydrogens is 602 g/mol. The molecule has 0 radical (unpaired) electrons. The van der Waals surface area contributed by atoms with E-state index in [9.17, 15) is 19.2 Å². The Hall–Kier alpha value is -5.39. The maximum absolute atomic E-state index is 13.3. The van der Waals surface area contributed by atoms with Gasteiger partial charge in [0, 0.05) is 18.5 Å². The molecule has 12 heteroatoms. The Morgan fingerprint density at radius 3 is 2.19 bits per heavy atom. The molecule has 0 unspecified atom stereocenters. The SMILES string of the molecule is C[C@H](NC(=O)[C@H]1C[C@H](Oc2ccccc2)CN1C(=O)OC(C)(C)C)C(=O)NCc1ccc(C(=N)NC(=O)OCc2ccccc2)cc1. The average Bonchev–Trinajstić information content (AvgIpc) is 3.47. The molecule has 1 aliphatic heterocycles. The standard InChI is InChI=1S/C35H41N5O7/c1-23(38-32(42)29-19-28(46-27-13-9-6-10-14-27)21-40(29)34(44)47-35(2,3)4)31(41)37-20-24-15-17-26(18-16-24)30(36)39-33(43)45-22-25-11-7-5-8-12-25/h5-18,23,28-29H,19-22H2,1-4H3,(H,37,41)(H,38,42)(H2,36,39,43)/t23-,28-,29+/m0/s1. The number of rotatable bonds is 10. The van der Waals surface area contributed by atoms with E-state index in [4.69, 9.17) is 19.6 Å². The van der Waals surface area contributed by atoms with E-state index in [0.29, 0.717) is 11.3 Å². The van der Waals surface area contributed by atoms with Crippen molar-refractivity contribution in [2.24, 2.45) is 0 Å². The maximum Gasteiger partial charge on any atom is 0.413 e. The molecule has 0 aliphatic carbocycles. The maximum atomic E-state index is 13.3. The minimum atomic E-state index is -0.893. The van der Waals surface area contributed by atoms with Gasteiger partial charge in [0.1, 0.15) is 42.0 Å². The van der Waals surface area contributed by atoms with E-state index >= 15 is 0 Å². The minimum Gasteiger partial charge on any atom is -0.488 e. The summed E-state index contributed by atoms with van der Waals surface area (Å²) in [7, 11) is 0. The van der Waals surface area contributed by atoms with Crippen molar-refractivity contribution in [1.82, 2.24) is 20.9 Å². The summed E-state index contributed by atoms with van der Waals surface area (Å²) in [6.45, 7) is 7.21. The van der Waals surface area contributed by atoms with Gasteiger partial charge in [-0.25, -0.2) is 9.59 Å². The molecule has 1 heterocycles. The van der Waals surface area contributed by atoms with E-state index in [2.05, 4.69) is 16.0 Å². The number of ether oxygens (including phenoxy) is 3. The number of hydrogen-bond acceptors (Lipinski definition) is 8. The topological polar surface area (TPSA) is 159 Å². The molecule has 12 nitrogen and oxygen atoms in total. The predicted octanol–water partition coefficient (Wildman–Crippen LogP) is 4.52. The number of hydrogen-bond donors (Lipinski definition) is 4. The molecule has 248 valence electrons. The summed E-state index contributed by atoms with van der Waals surface area (Å²) in [6.07, 6.45) is -1.58. The third-order valence-electron chi connectivity index (χ3n) is 7.14. The number of carbonyl (C=O) groups excluding carboxylic acids is 4. The largest absolute Gasteiger partial charge is 0.488 e. The average molecular weight is 644 g/mol. The zero-order chi connectivity index (χ0) is 34.0. The van der Waals surface area contributed by atoms with Gasteiger partial charge >= 0.3 is 12.2 Å². The number of amides is 4. The summed E-state index contributed by atoms with van der Waals surface area (Å²) in [4.78, 5) is 52.7. The smallest absolute Gasteiger partial charge is 0.413 e. The van der Waals surface area contributed by atoms with Gasteiger partial charge in [0.2, 0.25) is 11.8 Å². The number of nitrogens with one attached hydrogen (secondary N) is 4. The number of alkyl carbamates (subject to hydrolysis) is 1. The highest BCUT2D eigenvalue weighted by molar-refractivity contribution is 6.04. The van der Waals surface area contributed by atoms with Crippen molar-refractivity contribution in [3.63, 3.8) is 0 Å². The minimum absolute atomic E-state index is 0.0866. The van der Waals surface area contributed by atoms with Gasteiger partial charge in [0.05, 0.1) is 6.54 Å². The Kier molecular flexibility index (Phi) is 11.6. The zero-order valence-corrected chi connectivity index (χ0v) is 26.9. The predicted molar refractivity (Wildman–Crippen MR) is 175 cm³/mol. The van der Waals surface area contributed by atoms with Gasteiger partial charge in [-0.15, -0.1) is 0 Å². The molecule has 3 aromatic carbocycles. The van der Waals surface area contributed by atoms with Crippen molar-refractivity contribution in [1.29, 1.82) is 5.41 Å². The fourth-order valence-electron chi connectivity index (χ4n) is 4.79. The van der Waals surface area contributed by atoms with Crippen LogP contribution in [0.4, 0.5) is 9.59 Å². The fraction of sp³-hybridized carbons (Fsp3) is 0.343. The molecule has 4 N–H and O–H groups in total. The third kappa shape index (κ3) is 10.6. The lowest BCUT2D eigenvalue weighted by Gasteiger charge is -2.28. The summed E-state index contributed by atoms with van der Waals surface area (Å²) >= 11 is 0. The molecule has 1 saturated heterocycles. The van der Waals surface area contributed by atoms with Gasteiger partial charge in [-0.3, -0.25) is 25.2 Å². The van der Waals surface area contributed by atoms with Crippen molar-refractivity contribution in [2.75, 3.05) is 6.54 Å². The van der Waals surface area contributed by atoms with E-state index in [1.54, 1.807) is 64.1 Å². The molecule has 1 fully saturated rings. The van der Waals surface area contributed by atoms with Crippen LogP contribution in [-0.2, 0) is 32.2 Å². The van der Waals surface area contributed by atoms with Gasteiger partial charge in [-0.05, 0) is 51.0 Å². The molecule has 0 saturated carbocycles. The first-order valence-electron chi connectivity index (χ1n) is 15.3. The molecule has 47 heavy (non-hydrogen) atoms. The fourth-order valence-corrected chi connectivity index (χ4v) is 4.79. The van der Waals surface area contributed by atoms with Crippen LogP contribution < -0.4 is 20.7 Å². The van der Waals surface area contributed by atoms with E-state index in [1.807, 2.05) is 48.5 Å². The van der Waals surface area contributed by atoms with Gasteiger partial charge < -0.3 is 24.8 Å². The van der Waals surface area contributed by atoms with Crippen LogP contribution in [0.5, 0.6) is 5.75 Å². The molecule has 3 atom stereocenters. The molecular formula is C35H41N5O7. The van der Waals surface area contributed by atoms with Crippen molar-refractivity contribution >= 4 is 29.8 Å². The molecule has 4 rings (SSSR count). The normalized spacial score (nSPS) is 16.4. The van der Waals surface area contributed by atoms with Crippen molar-refractivity contribution in [2.45, 2.75) is 71.1 Å². The van der Waals surface area contributed by atoms with Gasteiger partial charge in [0.25, 0.3) is 0 Å². The lowest BCUT2D eigenvalue weighted by atomic mass is 10.1. The Labute approximate surface area is 274 Å². The Morgan fingerprint density at radius 1 is 0.915 bits per heavy atom. The summed E-state index contributed by atoms with van der Waals surface area (Å²) in [5.74, 6) is -0.413. The summed E-state index contributed by atoms with van der Waals surface area (Å²) in [6, 6.07) is 23.3. The van der Waals surface area contributed by atoms with Crippen LogP contribution >= 0.6 is 0 Å². The number of nitrogens with zero attached hydrogens (tertiary/aromatic N) is 1. The lowest BCUT2D eigenvalue weighted by molar-refractivity contribution is -0.131. The second kappa shape index (κ2) is 15.7. The second-order valence-corrected chi connectivity index (χ2v) is 12.1. The summed E-state index contributed by atoms with van der Waals surface area (Å²) < 4.78 is 16.7. The first-order chi connectivity index (χ1) is 22.4. The number of benzene rings is 3. The third-order valence-corrected chi connectivity index (χ3v) is 7.14. The number of para-hydroxylation sites is 1. The van der Waals surface area contributed by atoms with Gasteiger partial charge in [-0.2, -0.15) is 0 Å². The quantitative estimate of drug-likeness (QED) is 0.187. The highest BCUT2D eigenvalue weighted by atomic mass is 16.6. The molecule has 1 aliphatic rings. The van der Waals surface area contributed by atoms with Crippen LogP contribution in [0.3, 0.4) is 0 Å². The molecule has 3 aromatic rings. The Balaban J connectivity index is 1.26. The van der Waals surface area contributed by atoms with Crippen LogP contribution in [0.25, 0.3) is 0 Å². The Morgan fingerprint density at radius 2 is 1.55 bits per heavy atom. The van der Waals surface area contributed by atoms with Crippen molar-refractivity contribution in [3.05, 3.63) is 102 Å². The van der Waals surface area contributed by atoms with Crippen LogP contribution in [0.2, 0.25) is 0 Å². The summed E-state index contributed by atoms with van der Waals surface area (Å²) in [5, 5.41) is 16.1. The van der Waals surface area contributed by atoms with Crippen LogP contribution in [0.1, 0.15) is 50.8 Å². The highest BCUT2D eigenvalue weighted by Gasteiger charge is 2.43. The van der Waals surface area contributed by atoms with E-state index < -0.39 is 47.8 Å². The van der Waals surface area contributed by atoms with Gasteiger partial charge in [0.15, 0.2) is 0 Å². The number of amidine groups is 1. The first kappa shape index (κ1) is 34.5. The molecule has 4 amide bonds. The lowest BCUT2D eigenvalue weighted by Crippen LogP contribution is -2.52. The number of carbonyl (C=O) groups is 4. The molecule has 0 spiro atoms. The second-order valence-electron chi connectivity index (χ2n) is 12.1. The van der Waals surface area contributed by atoms with Crippen LogP contribution in [0, 0.1) is 5.41 Å². The van der Waals surface area contributed by atoms with E-state index in [-0.39, 0.29) is 32.0 Å². The molecule has 0 bridgehead atoms. The molecule has 0 aromatic heterocycles. The van der Waals surface area contributed by atoms with E-state index in [0.717, 1.165) is 11.1 Å². The van der Waals surface area contributed by atoms with E-state index in [1.165, 1.54) is 4.90 Å².